The van der Waals surface area contributed by atoms with Crippen LogP contribution >= 0.6 is 0 Å². The van der Waals surface area contributed by atoms with Crippen LogP contribution in [0.25, 0.3) is 0 Å². The second-order valence-electron chi connectivity index (χ2n) is 5.28. The number of amides is 2. The van der Waals surface area contributed by atoms with Crippen LogP contribution in [0.4, 0.5) is 4.79 Å². The van der Waals surface area contributed by atoms with E-state index in [0.717, 1.165) is 37.2 Å². The van der Waals surface area contributed by atoms with Gasteiger partial charge in [-0.3, -0.25) is 4.98 Å². The van der Waals surface area contributed by atoms with Gasteiger partial charge in [-0.25, -0.2) is 4.79 Å². The third-order valence-electron chi connectivity index (χ3n) is 3.88. The fourth-order valence-electron chi connectivity index (χ4n) is 2.83. The predicted octanol–water partition coefficient (Wildman–Crippen LogP) is 2.50. The van der Waals surface area contributed by atoms with Crippen molar-refractivity contribution in [3.8, 4) is 0 Å². The number of likely N-dealkylation sites (tertiary alicyclic amines) is 1. The van der Waals surface area contributed by atoms with Crippen LogP contribution in [0.1, 0.15) is 30.3 Å². The van der Waals surface area contributed by atoms with Gasteiger partial charge in [0.15, 0.2) is 0 Å². The second-order valence-corrected chi connectivity index (χ2v) is 5.28. The number of nitrogens with zero attached hydrogens (tertiary/aromatic N) is 2. The molecule has 1 aliphatic heterocycles. The maximum Gasteiger partial charge on any atom is 0.317 e. The second kappa shape index (κ2) is 6.43. The summed E-state index contributed by atoms with van der Waals surface area (Å²) in [6.45, 7) is 1.43. The molecule has 2 aromatic rings. The molecule has 0 radical (unpaired) electrons. The van der Waals surface area contributed by atoms with Gasteiger partial charge in [0, 0.05) is 43.3 Å². The molecule has 1 atom stereocenters. The number of nitrogens with one attached hydrogen (secondary N) is 2. The first-order valence-corrected chi connectivity index (χ1v) is 7.42. The van der Waals surface area contributed by atoms with Crippen molar-refractivity contribution in [2.24, 2.45) is 0 Å². The highest BCUT2D eigenvalue weighted by Crippen LogP contribution is 2.30. The van der Waals surface area contributed by atoms with Crippen LogP contribution in [-0.4, -0.2) is 34.0 Å². The van der Waals surface area contributed by atoms with E-state index in [4.69, 9.17) is 0 Å². The summed E-state index contributed by atoms with van der Waals surface area (Å²) in [6, 6.07) is 10.1. The molecule has 1 aliphatic rings. The first kappa shape index (κ1) is 13.7. The van der Waals surface area contributed by atoms with Crippen LogP contribution in [0.15, 0.2) is 42.7 Å². The number of aromatic nitrogens is 2. The fourth-order valence-corrected chi connectivity index (χ4v) is 2.83. The van der Waals surface area contributed by atoms with Crippen LogP contribution in [-0.2, 0) is 6.42 Å². The molecule has 2 N–H and O–H groups in total. The van der Waals surface area contributed by atoms with Gasteiger partial charge in [-0.2, -0.15) is 0 Å². The van der Waals surface area contributed by atoms with Crippen molar-refractivity contribution >= 4 is 6.03 Å². The van der Waals surface area contributed by atoms with E-state index in [1.54, 1.807) is 6.20 Å². The smallest absolute Gasteiger partial charge is 0.317 e. The van der Waals surface area contributed by atoms with Crippen molar-refractivity contribution in [2.45, 2.75) is 25.3 Å². The number of carbonyl (C=O) groups is 1. The van der Waals surface area contributed by atoms with E-state index >= 15 is 0 Å². The molecule has 1 fully saturated rings. The number of hydrogen-bond donors (Lipinski definition) is 2. The first-order valence-electron chi connectivity index (χ1n) is 7.42. The average molecular weight is 284 g/mol. The predicted molar refractivity (Wildman–Crippen MR) is 80.8 cm³/mol. The van der Waals surface area contributed by atoms with Crippen LogP contribution in [0.2, 0.25) is 0 Å². The molecule has 5 nitrogen and oxygen atoms in total. The van der Waals surface area contributed by atoms with Gasteiger partial charge in [0.05, 0.1) is 6.04 Å². The molecule has 0 aromatic carbocycles. The van der Waals surface area contributed by atoms with Crippen molar-refractivity contribution in [3.05, 3.63) is 54.1 Å². The molecule has 5 heteroatoms. The summed E-state index contributed by atoms with van der Waals surface area (Å²) in [4.78, 5) is 21.7. The van der Waals surface area contributed by atoms with Crippen molar-refractivity contribution in [2.75, 3.05) is 13.1 Å². The minimum atomic E-state index is 0.0167. The van der Waals surface area contributed by atoms with Crippen LogP contribution in [0.3, 0.4) is 0 Å². The Balaban J connectivity index is 1.53. The highest BCUT2D eigenvalue weighted by Gasteiger charge is 2.30. The zero-order valence-corrected chi connectivity index (χ0v) is 12.0. The largest absolute Gasteiger partial charge is 0.363 e. The highest BCUT2D eigenvalue weighted by atomic mass is 16.2. The van der Waals surface area contributed by atoms with Gasteiger partial charge in [-0.05, 0) is 37.1 Å². The topological polar surface area (TPSA) is 61.0 Å². The number of urea groups is 1. The molecular weight excluding hydrogens is 264 g/mol. The van der Waals surface area contributed by atoms with E-state index in [9.17, 15) is 4.79 Å². The lowest BCUT2D eigenvalue weighted by molar-refractivity contribution is 0.192. The summed E-state index contributed by atoms with van der Waals surface area (Å²) in [5, 5.41) is 3.00. The molecule has 0 aliphatic carbocycles. The molecule has 0 unspecified atom stereocenters. The Morgan fingerprint density at radius 3 is 3.10 bits per heavy atom. The Labute approximate surface area is 124 Å². The third kappa shape index (κ3) is 3.24. The van der Waals surface area contributed by atoms with Gasteiger partial charge >= 0.3 is 6.03 Å². The molecule has 3 heterocycles. The van der Waals surface area contributed by atoms with Gasteiger partial charge < -0.3 is 15.2 Å². The molecule has 2 aromatic heterocycles. The normalized spacial score (nSPS) is 17.9. The van der Waals surface area contributed by atoms with E-state index in [1.165, 1.54) is 0 Å². The van der Waals surface area contributed by atoms with E-state index < -0.39 is 0 Å². The van der Waals surface area contributed by atoms with E-state index in [0.29, 0.717) is 6.54 Å². The Morgan fingerprint density at radius 2 is 2.33 bits per heavy atom. The summed E-state index contributed by atoms with van der Waals surface area (Å²) in [6.07, 6.45) is 6.52. The molecule has 0 spiro atoms. The molecule has 2 amide bonds. The zero-order valence-electron chi connectivity index (χ0n) is 12.0. The molecular formula is C16H20N4O. The monoisotopic (exact) mass is 284 g/mol. The summed E-state index contributed by atoms with van der Waals surface area (Å²) in [7, 11) is 0. The van der Waals surface area contributed by atoms with Gasteiger partial charge in [-0.1, -0.05) is 6.07 Å². The number of pyridine rings is 1. The quantitative estimate of drug-likeness (QED) is 0.906. The first-order chi connectivity index (χ1) is 10.3. The molecule has 0 saturated carbocycles. The standard InChI is InChI=1S/C16H20N4O/c21-16(19-11-8-13-5-1-2-9-17-13)20-12-4-7-15(20)14-6-3-10-18-14/h1-3,5-6,9-10,15,18H,4,7-8,11-12H2,(H,19,21)/t15-/m0/s1. The molecule has 3 rings (SSSR count). The molecule has 110 valence electrons. The van der Waals surface area contributed by atoms with Crippen molar-refractivity contribution in [1.82, 2.24) is 20.2 Å². The van der Waals surface area contributed by atoms with Crippen LogP contribution < -0.4 is 5.32 Å². The van der Waals surface area contributed by atoms with Gasteiger partial charge in [0.1, 0.15) is 0 Å². The third-order valence-corrected chi connectivity index (χ3v) is 3.88. The maximum absolute atomic E-state index is 12.3. The minimum absolute atomic E-state index is 0.0167. The summed E-state index contributed by atoms with van der Waals surface area (Å²) >= 11 is 0. The maximum atomic E-state index is 12.3. The van der Waals surface area contributed by atoms with E-state index in [-0.39, 0.29) is 12.1 Å². The van der Waals surface area contributed by atoms with Crippen LogP contribution in [0.5, 0.6) is 0 Å². The lowest BCUT2D eigenvalue weighted by Crippen LogP contribution is -2.40. The minimum Gasteiger partial charge on any atom is -0.363 e. The Morgan fingerprint density at radius 1 is 1.38 bits per heavy atom. The van der Waals surface area contributed by atoms with E-state index in [2.05, 4.69) is 15.3 Å². The Kier molecular flexibility index (Phi) is 4.19. The lowest BCUT2D eigenvalue weighted by atomic mass is 10.1. The lowest BCUT2D eigenvalue weighted by Gasteiger charge is -2.24. The summed E-state index contributed by atoms with van der Waals surface area (Å²) < 4.78 is 0. The number of hydrogen-bond acceptors (Lipinski definition) is 2. The van der Waals surface area contributed by atoms with Gasteiger partial charge in [-0.15, -0.1) is 0 Å². The zero-order chi connectivity index (χ0) is 14.5. The molecule has 21 heavy (non-hydrogen) atoms. The summed E-state index contributed by atoms with van der Waals surface area (Å²) in [5.74, 6) is 0. The highest BCUT2D eigenvalue weighted by molar-refractivity contribution is 5.75. The SMILES string of the molecule is O=C(NCCc1ccccn1)N1CCC[C@H]1c1ccc[nH]1. The molecule has 1 saturated heterocycles. The average Bonchev–Trinajstić information content (AvgIpc) is 3.19. The molecule has 0 bridgehead atoms. The van der Waals surface area contributed by atoms with Crippen molar-refractivity contribution < 1.29 is 4.79 Å². The number of carbonyl (C=O) groups excluding carboxylic acids is 1. The number of rotatable bonds is 4. The number of aromatic amines is 1. The van der Waals surface area contributed by atoms with Gasteiger partial charge in [0.25, 0.3) is 0 Å². The van der Waals surface area contributed by atoms with E-state index in [1.807, 2.05) is 41.4 Å². The summed E-state index contributed by atoms with van der Waals surface area (Å²) in [5.41, 5.74) is 2.12. The van der Waals surface area contributed by atoms with Gasteiger partial charge in [0.2, 0.25) is 0 Å². The van der Waals surface area contributed by atoms with Crippen molar-refractivity contribution in [3.63, 3.8) is 0 Å². The van der Waals surface area contributed by atoms with Crippen molar-refractivity contribution in [1.29, 1.82) is 0 Å². The Hall–Kier alpha value is -2.30. The Bertz CT molecular complexity index is 567. The fraction of sp³-hybridized carbons (Fsp3) is 0.375. The number of H-pyrrole nitrogens is 1. The van der Waals surface area contributed by atoms with Crippen LogP contribution in [0, 0.1) is 0 Å².